The molecule has 2 saturated heterocycles. The minimum Gasteiger partial charge on any atom is -0.388 e. The molecule has 0 radical (unpaired) electrons. The second-order valence-corrected chi connectivity index (χ2v) is 8.21. The zero-order valence-corrected chi connectivity index (χ0v) is 15.1. The molecule has 0 aromatic carbocycles. The van der Waals surface area contributed by atoms with E-state index in [2.05, 4.69) is 15.3 Å². The molecule has 128 valence electrons. The van der Waals surface area contributed by atoms with Crippen LogP contribution in [-0.2, 0) is 4.79 Å². The molecule has 3 heterocycles. The van der Waals surface area contributed by atoms with E-state index in [-0.39, 0.29) is 17.9 Å². The molecule has 1 N–H and O–H groups in total. The van der Waals surface area contributed by atoms with Gasteiger partial charge in [-0.15, -0.1) is 11.3 Å². The van der Waals surface area contributed by atoms with Crippen molar-refractivity contribution in [2.45, 2.75) is 58.1 Å². The third kappa shape index (κ3) is 3.53. The average Bonchev–Trinajstić information content (AvgIpc) is 3.15. The molecule has 2 aliphatic heterocycles. The summed E-state index contributed by atoms with van der Waals surface area (Å²) in [5.74, 6) is 0.333. The van der Waals surface area contributed by atoms with Crippen molar-refractivity contribution in [2.75, 3.05) is 24.5 Å². The number of carbonyl (C=O) groups excluding carboxylic acids is 1. The summed E-state index contributed by atoms with van der Waals surface area (Å²) in [7, 11) is 0. The molecule has 0 spiro atoms. The summed E-state index contributed by atoms with van der Waals surface area (Å²) in [6.07, 6.45) is 3.67. The Labute approximate surface area is 142 Å². The molecular formula is C17H27N3O2S. The van der Waals surface area contributed by atoms with Gasteiger partial charge in [-0.3, -0.25) is 4.79 Å². The molecule has 23 heavy (non-hydrogen) atoms. The number of aromatic nitrogens is 1. The minimum absolute atomic E-state index is 0.0327. The van der Waals surface area contributed by atoms with Gasteiger partial charge in [-0.1, -0.05) is 0 Å². The summed E-state index contributed by atoms with van der Waals surface area (Å²) in [6, 6.07) is -0.0327. The molecule has 1 unspecified atom stereocenters. The van der Waals surface area contributed by atoms with Crippen molar-refractivity contribution in [1.82, 2.24) is 9.88 Å². The quantitative estimate of drug-likeness (QED) is 0.920. The van der Waals surface area contributed by atoms with Gasteiger partial charge >= 0.3 is 0 Å². The number of piperidine rings is 1. The molecule has 1 atom stereocenters. The Morgan fingerprint density at radius 2 is 2.00 bits per heavy atom. The van der Waals surface area contributed by atoms with E-state index in [1.54, 1.807) is 11.3 Å². The molecule has 1 aromatic rings. The predicted octanol–water partition coefficient (Wildman–Crippen LogP) is 2.43. The van der Waals surface area contributed by atoms with Crippen LogP contribution < -0.4 is 4.90 Å². The van der Waals surface area contributed by atoms with Crippen molar-refractivity contribution >= 4 is 22.4 Å². The largest absolute Gasteiger partial charge is 0.388 e. The highest BCUT2D eigenvalue weighted by atomic mass is 32.1. The van der Waals surface area contributed by atoms with Crippen molar-refractivity contribution in [3.8, 4) is 0 Å². The van der Waals surface area contributed by atoms with E-state index in [0.717, 1.165) is 56.1 Å². The number of aliphatic hydroxyl groups is 1. The van der Waals surface area contributed by atoms with E-state index in [0.29, 0.717) is 0 Å². The molecule has 6 heteroatoms. The third-order valence-corrected chi connectivity index (χ3v) is 6.09. The first-order valence-corrected chi connectivity index (χ1v) is 9.44. The number of thiazole rings is 1. The molecule has 2 aliphatic rings. The molecule has 0 aliphatic carbocycles. The highest BCUT2D eigenvalue weighted by Gasteiger charge is 2.41. The lowest BCUT2D eigenvalue weighted by atomic mass is 9.92. The van der Waals surface area contributed by atoms with E-state index in [4.69, 9.17) is 0 Å². The molecule has 1 aromatic heterocycles. The fourth-order valence-corrected chi connectivity index (χ4v) is 4.66. The van der Waals surface area contributed by atoms with Gasteiger partial charge in [0.15, 0.2) is 5.13 Å². The Hall–Kier alpha value is -1.14. The lowest BCUT2D eigenvalue weighted by molar-refractivity contribution is -0.141. The number of anilines is 1. The van der Waals surface area contributed by atoms with Gasteiger partial charge in [-0.2, -0.15) is 0 Å². The highest BCUT2D eigenvalue weighted by Crippen LogP contribution is 2.32. The SMILES string of the molecule is Cc1csc(N2CCC(C(=O)N3CCCC3C(C)(C)O)CC2)n1. The third-order valence-electron chi connectivity index (χ3n) is 5.07. The van der Waals surface area contributed by atoms with Gasteiger partial charge in [0.05, 0.1) is 17.3 Å². The van der Waals surface area contributed by atoms with Crippen LogP contribution in [0, 0.1) is 12.8 Å². The number of amides is 1. The molecule has 5 nitrogen and oxygen atoms in total. The molecule has 3 rings (SSSR count). The zero-order chi connectivity index (χ0) is 16.6. The van der Waals surface area contributed by atoms with Gasteiger partial charge < -0.3 is 14.9 Å². The molecular weight excluding hydrogens is 310 g/mol. The maximum atomic E-state index is 12.9. The number of aryl methyl sites for hydroxylation is 1. The maximum Gasteiger partial charge on any atom is 0.226 e. The van der Waals surface area contributed by atoms with E-state index >= 15 is 0 Å². The summed E-state index contributed by atoms with van der Waals surface area (Å²) in [6.45, 7) is 8.22. The van der Waals surface area contributed by atoms with Gasteiger partial charge in [-0.25, -0.2) is 4.98 Å². The van der Waals surface area contributed by atoms with Crippen molar-refractivity contribution < 1.29 is 9.90 Å². The average molecular weight is 337 g/mol. The van der Waals surface area contributed by atoms with Crippen LogP contribution in [0.5, 0.6) is 0 Å². The molecule has 0 saturated carbocycles. The van der Waals surface area contributed by atoms with Crippen LogP contribution in [0.1, 0.15) is 45.2 Å². The van der Waals surface area contributed by atoms with Crippen molar-refractivity contribution in [2.24, 2.45) is 5.92 Å². The van der Waals surface area contributed by atoms with Gasteiger partial charge in [0, 0.05) is 30.9 Å². The van der Waals surface area contributed by atoms with Crippen molar-refractivity contribution in [3.05, 3.63) is 11.1 Å². The summed E-state index contributed by atoms with van der Waals surface area (Å²) in [5.41, 5.74) is 0.249. The van der Waals surface area contributed by atoms with Crippen LogP contribution in [0.3, 0.4) is 0 Å². The van der Waals surface area contributed by atoms with Gasteiger partial charge in [0.25, 0.3) is 0 Å². The van der Waals surface area contributed by atoms with Crippen LogP contribution in [0.15, 0.2) is 5.38 Å². The second kappa shape index (κ2) is 6.40. The van der Waals surface area contributed by atoms with Crippen molar-refractivity contribution in [1.29, 1.82) is 0 Å². The fourth-order valence-electron chi connectivity index (χ4n) is 3.80. The lowest BCUT2D eigenvalue weighted by Crippen LogP contribution is -2.51. The minimum atomic E-state index is -0.814. The Morgan fingerprint density at radius 1 is 1.30 bits per heavy atom. The first-order chi connectivity index (χ1) is 10.9. The van der Waals surface area contributed by atoms with Crippen LogP contribution >= 0.6 is 11.3 Å². The first kappa shape index (κ1) is 16.7. The lowest BCUT2D eigenvalue weighted by Gasteiger charge is -2.38. The molecule has 0 bridgehead atoms. The summed E-state index contributed by atoms with van der Waals surface area (Å²) in [4.78, 5) is 21.7. The van der Waals surface area contributed by atoms with Gasteiger partial charge in [0.1, 0.15) is 0 Å². The number of carbonyl (C=O) groups is 1. The molecule has 1 amide bonds. The Bertz CT molecular complexity index is 558. The van der Waals surface area contributed by atoms with E-state index in [9.17, 15) is 9.90 Å². The topological polar surface area (TPSA) is 56.7 Å². The van der Waals surface area contributed by atoms with Crippen LogP contribution in [-0.4, -0.2) is 52.2 Å². The second-order valence-electron chi connectivity index (χ2n) is 7.38. The van der Waals surface area contributed by atoms with E-state index in [1.165, 1.54) is 0 Å². The Balaban J connectivity index is 1.60. The van der Waals surface area contributed by atoms with E-state index < -0.39 is 5.60 Å². The Kier molecular flexibility index (Phi) is 4.65. The number of rotatable bonds is 3. The smallest absolute Gasteiger partial charge is 0.226 e. The number of likely N-dealkylation sites (tertiary alicyclic amines) is 1. The maximum absolute atomic E-state index is 12.9. The fraction of sp³-hybridized carbons (Fsp3) is 0.765. The standard InChI is InChI=1S/C17H27N3O2S/c1-12-11-23-16(18-12)19-9-6-13(7-10-19)15(21)20-8-4-5-14(20)17(2,3)22/h11,13-14,22H,4-10H2,1-3H3. The summed E-state index contributed by atoms with van der Waals surface area (Å²) in [5, 5.41) is 13.5. The first-order valence-electron chi connectivity index (χ1n) is 8.56. The normalized spacial score (nSPS) is 23.6. The summed E-state index contributed by atoms with van der Waals surface area (Å²) >= 11 is 1.68. The molecule has 2 fully saturated rings. The predicted molar refractivity (Wildman–Crippen MR) is 92.8 cm³/mol. The van der Waals surface area contributed by atoms with Gasteiger partial charge in [0.2, 0.25) is 5.91 Å². The van der Waals surface area contributed by atoms with Gasteiger partial charge in [-0.05, 0) is 46.5 Å². The Morgan fingerprint density at radius 3 is 2.57 bits per heavy atom. The number of hydrogen-bond donors (Lipinski definition) is 1. The van der Waals surface area contributed by atoms with Crippen molar-refractivity contribution in [3.63, 3.8) is 0 Å². The number of nitrogens with zero attached hydrogens (tertiary/aromatic N) is 3. The van der Waals surface area contributed by atoms with E-state index in [1.807, 2.05) is 25.7 Å². The van der Waals surface area contributed by atoms with Crippen LogP contribution in [0.4, 0.5) is 5.13 Å². The van der Waals surface area contributed by atoms with Crippen LogP contribution in [0.25, 0.3) is 0 Å². The monoisotopic (exact) mass is 337 g/mol. The highest BCUT2D eigenvalue weighted by molar-refractivity contribution is 7.13. The van der Waals surface area contributed by atoms with Crippen LogP contribution in [0.2, 0.25) is 0 Å². The zero-order valence-electron chi connectivity index (χ0n) is 14.3. The number of hydrogen-bond acceptors (Lipinski definition) is 5. The summed E-state index contributed by atoms with van der Waals surface area (Å²) < 4.78 is 0.